The van der Waals surface area contributed by atoms with Gasteiger partial charge in [-0.3, -0.25) is 4.79 Å². The molecule has 0 aromatic rings. The largest absolute Gasteiger partial charge is 0.501 e. The Morgan fingerprint density at radius 3 is 2.59 bits per heavy atom. The van der Waals surface area contributed by atoms with Gasteiger partial charge in [0.1, 0.15) is 0 Å². The lowest BCUT2D eigenvalue weighted by Crippen LogP contribution is -2.66. The third-order valence-electron chi connectivity index (χ3n) is 6.69. The van der Waals surface area contributed by atoms with Gasteiger partial charge in [-0.1, -0.05) is 19.9 Å². The van der Waals surface area contributed by atoms with Crippen molar-refractivity contribution in [2.45, 2.75) is 45.6 Å². The van der Waals surface area contributed by atoms with E-state index >= 15 is 0 Å². The summed E-state index contributed by atoms with van der Waals surface area (Å²) in [6.07, 6.45) is 7.32. The van der Waals surface area contributed by atoms with E-state index in [1.54, 1.807) is 14.2 Å². The van der Waals surface area contributed by atoms with Crippen LogP contribution in [0.1, 0.15) is 40.0 Å². The standard InChI is InChI=1S/C23H37N3O3/c1-6-19(29-5)13-18-14-25-15-22(27)26(7-2)23(8-10-24-11-9-23)21(25)12-17(3)20(18)16-28-4/h12-13,17,24H,6-11,14-16H2,1-5H3/b19-13+/t17-/m0/s1. The maximum absolute atomic E-state index is 13.2. The van der Waals surface area contributed by atoms with Gasteiger partial charge in [-0.05, 0) is 56.0 Å². The zero-order valence-electron chi connectivity index (χ0n) is 18.7. The predicted molar refractivity (Wildman–Crippen MR) is 115 cm³/mol. The summed E-state index contributed by atoms with van der Waals surface area (Å²) in [5, 5.41) is 3.48. The number of rotatable bonds is 6. The number of methoxy groups -OCH3 is 2. The first-order valence-electron chi connectivity index (χ1n) is 10.9. The molecule has 6 heteroatoms. The van der Waals surface area contributed by atoms with Gasteiger partial charge in [0.05, 0.1) is 31.6 Å². The molecule has 2 fully saturated rings. The molecule has 0 bridgehead atoms. The third kappa shape index (κ3) is 4.10. The molecule has 0 saturated carbocycles. The Labute approximate surface area is 175 Å². The number of amides is 1. The summed E-state index contributed by atoms with van der Waals surface area (Å²) in [6, 6.07) is 0. The molecular weight excluding hydrogens is 366 g/mol. The first-order valence-corrected chi connectivity index (χ1v) is 10.9. The van der Waals surface area contributed by atoms with Crippen molar-refractivity contribution in [3.63, 3.8) is 0 Å². The number of likely N-dealkylation sites (N-methyl/N-ethyl adjacent to an activating group) is 1. The summed E-state index contributed by atoms with van der Waals surface area (Å²) in [4.78, 5) is 17.6. The van der Waals surface area contributed by atoms with E-state index in [2.05, 4.69) is 48.0 Å². The van der Waals surface area contributed by atoms with Crippen LogP contribution in [-0.2, 0) is 14.3 Å². The maximum atomic E-state index is 13.2. The molecule has 162 valence electrons. The van der Waals surface area contributed by atoms with Crippen LogP contribution in [0.3, 0.4) is 0 Å². The van der Waals surface area contributed by atoms with Gasteiger partial charge in [0.15, 0.2) is 0 Å². The number of piperazine rings is 1. The summed E-state index contributed by atoms with van der Waals surface area (Å²) in [5.74, 6) is 1.44. The Kier molecular flexibility index (Phi) is 7.06. The van der Waals surface area contributed by atoms with Gasteiger partial charge >= 0.3 is 0 Å². The van der Waals surface area contributed by atoms with Gasteiger partial charge in [0, 0.05) is 32.3 Å². The van der Waals surface area contributed by atoms with Crippen LogP contribution in [0.25, 0.3) is 0 Å². The number of allylic oxidation sites excluding steroid dienone is 2. The average molecular weight is 404 g/mol. The molecule has 1 atom stereocenters. The SMILES string of the molecule is CC/C(=C\C1=C(COC)[C@@H](C)C=C2N(CC(=O)N(CC)C23CCNCC3)C1)OC. The van der Waals surface area contributed by atoms with Gasteiger partial charge < -0.3 is 24.6 Å². The molecule has 29 heavy (non-hydrogen) atoms. The van der Waals surface area contributed by atoms with Gasteiger partial charge in [-0.25, -0.2) is 0 Å². The number of nitrogens with one attached hydrogen (secondary N) is 1. The molecule has 0 aromatic heterocycles. The fraction of sp³-hybridized carbons (Fsp3) is 0.696. The third-order valence-corrected chi connectivity index (χ3v) is 6.69. The van der Waals surface area contributed by atoms with Crippen molar-refractivity contribution < 1.29 is 14.3 Å². The Morgan fingerprint density at radius 1 is 1.28 bits per heavy atom. The van der Waals surface area contributed by atoms with Gasteiger partial charge in [0.25, 0.3) is 0 Å². The van der Waals surface area contributed by atoms with Crippen LogP contribution < -0.4 is 5.32 Å². The minimum Gasteiger partial charge on any atom is -0.501 e. The minimum absolute atomic E-state index is 0.199. The Bertz CT molecular complexity index is 698. The first kappa shape index (κ1) is 21.9. The zero-order valence-corrected chi connectivity index (χ0v) is 18.7. The molecule has 1 spiro atoms. The van der Waals surface area contributed by atoms with Crippen LogP contribution in [0.2, 0.25) is 0 Å². The molecular formula is C23H37N3O3. The van der Waals surface area contributed by atoms with Crippen LogP contribution >= 0.6 is 0 Å². The molecule has 3 aliphatic rings. The lowest BCUT2D eigenvalue weighted by Gasteiger charge is -2.54. The highest BCUT2D eigenvalue weighted by Crippen LogP contribution is 2.42. The van der Waals surface area contributed by atoms with E-state index in [0.29, 0.717) is 13.2 Å². The fourth-order valence-electron chi connectivity index (χ4n) is 5.21. The van der Waals surface area contributed by atoms with E-state index in [1.165, 1.54) is 16.8 Å². The summed E-state index contributed by atoms with van der Waals surface area (Å²) < 4.78 is 11.2. The van der Waals surface area contributed by atoms with Crippen molar-refractivity contribution in [2.24, 2.45) is 5.92 Å². The van der Waals surface area contributed by atoms with Crippen molar-refractivity contribution >= 4 is 5.91 Å². The number of fused-ring (bicyclic) bond motifs is 2. The topological polar surface area (TPSA) is 54.0 Å². The molecule has 0 unspecified atom stereocenters. The second-order valence-electron chi connectivity index (χ2n) is 8.27. The van der Waals surface area contributed by atoms with Crippen molar-refractivity contribution in [1.29, 1.82) is 0 Å². The molecule has 0 aromatic carbocycles. The molecule has 1 amide bonds. The Hall–Kier alpha value is -1.79. The smallest absolute Gasteiger partial charge is 0.242 e. The van der Waals surface area contributed by atoms with Crippen LogP contribution in [-0.4, -0.2) is 74.8 Å². The molecule has 0 aliphatic carbocycles. The normalized spacial score (nSPS) is 25.1. The summed E-state index contributed by atoms with van der Waals surface area (Å²) >= 11 is 0. The van der Waals surface area contributed by atoms with Crippen molar-refractivity contribution in [1.82, 2.24) is 15.1 Å². The molecule has 3 aliphatic heterocycles. The van der Waals surface area contributed by atoms with E-state index in [4.69, 9.17) is 9.47 Å². The molecule has 2 saturated heterocycles. The molecule has 3 heterocycles. The number of piperidine rings is 1. The number of ether oxygens (including phenoxy) is 2. The van der Waals surface area contributed by atoms with Gasteiger partial charge in [-0.15, -0.1) is 0 Å². The molecule has 1 N–H and O–H groups in total. The van der Waals surface area contributed by atoms with Crippen LogP contribution in [0.5, 0.6) is 0 Å². The number of hydrogen-bond acceptors (Lipinski definition) is 5. The predicted octanol–water partition coefficient (Wildman–Crippen LogP) is 2.69. The van der Waals surface area contributed by atoms with Crippen molar-refractivity contribution in [3.8, 4) is 0 Å². The van der Waals surface area contributed by atoms with E-state index in [-0.39, 0.29) is 17.4 Å². The van der Waals surface area contributed by atoms with E-state index in [9.17, 15) is 4.79 Å². The zero-order chi connectivity index (χ0) is 21.0. The second kappa shape index (κ2) is 9.35. The quantitative estimate of drug-likeness (QED) is 0.691. The number of hydrogen-bond donors (Lipinski definition) is 1. The van der Waals surface area contributed by atoms with E-state index in [1.807, 2.05) is 0 Å². The fourth-order valence-corrected chi connectivity index (χ4v) is 5.21. The van der Waals surface area contributed by atoms with E-state index < -0.39 is 0 Å². The maximum Gasteiger partial charge on any atom is 0.242 e. The molecule has 3 rings (SSSR count). The lowest BCUT2D eigenvalue weighted by atomic mass is 9.79. The van der Waals surface area contributed by atoms with Crippen LogP contribution in [0.4, 0.5) is 0 Å². The van der Waals surface area contributed by atoms with Gasteiger partial charge in [0.2, 0.25) is 5.91 Å². The molecule has 6 nitrogen and oxygen atoms in total. The number of nitrogens with zero attached hydrogens (tertiary/aromatic N) is 2. The summed E-state index contributed by atoms with van der Waals surface area (Å²) in [6.45, 7) is 10.8. The first-order chi connectivity index (χ1) is 14.0. The highest BCUT2D eigenvalue weighted by Gasteiger charge is 2.49. The van der Waals surface area contributed by atoms with Crippen molar-refractivity contribution in [2.75, 3.05) is 53.6 Å². The summed E-state index contributed by atoms with van der Waals surface area (Å²) in [7, 11) is 3.48. The summed E-state index contributed by atoms with van der Waals surface area (Å²) in [5.41, 5.74) is 3.61. The highest BCUT2D eigenvalue weighted by molar-refractivity contribution is 5.82. The number of carbonyl (C=O) groups excluding carboxylic acids is 1. The highest BCUT2D eigenvalue weighted by atomic mass is 16.5. The minimum atomic E-state index is -0.199. The second-order valence-corrected chi connectivity index (χ2v) is 8.27. The van der Waals surface area contributed by atoms with Crippen LogP contribution in [0.15, 0.2) is 34.8 Å². The van der Waals surface area contributed by atoms with Crippen LogP contribution in [0, 0.1) is 5.92 Å². The Morgan fingerprint density at radius 2 is 2.00 bits per heavy atom. The van der Waals surface area contributed by atoms with Crippen molar-refractivity contribution in [3.05, 3.63) is 34.8 Å². The lowest BCUT2D eigenvalue weighted by molar-refractivity contribution is -0.143. The number of carbonyl (C=O) groups is 1. The van der Waals surface area contributed by atoms with Gasteiger partial charge in [-0.2, -0.15) is 0 Å². The molecule has 0 radical (unpaired) electrons. The Balaban J connectivity index is 2.08. The average Bonchev–Trinajstić information content (AvgIpc) is 2.85. The monoisotopic (exact) mass is 403 g/mol. The van der Waals surface area contributed by atoms with E-state index in [0.717, 1.165) is 51.2 Å².